The molecule has 0 amide bonds. The van der Waals surface area contributed by atoms with Crippen molar-refractivity contribution < 1.29 is 0 Å². The summed E-state index contributed by atoms with van der Waals surface area (Å²) < 4.78 is 0. The molecule has 1 aliphatic rings. The first-order valence-electron chi connectivity index (χ1n) is 4.53. The number of nitrogen functional groups attached to an aromatic ring is 1. The van der Waals surface area contributed by atoms with Gasteiger partial charge in [0.2, 0.25) is 0 Å². The normalized spacial score (nSPS) is 15.4. The van der Waals surface area contributed by atoms with E-state index >= 15 is 0 Å². The topological polar surface area (TPSA) is 26.0 Å². The monoisotopic (exact) mass is 201 g/mol. The van der Waals surface area contributed by atoms with Crippen LogP contribution in [-0.4, -0.2) is 4.86 Å². The van der Waals surface area contributed by atoms with E-state index in [1.807, 2.05) is 30.3 Å². The summed E-state index contributed by atoms with van der Waals surface area (Å²) in [6.45, 7) is 0. The Balaban J connectivity index is 2.29. The number of allylic oxidation sites excluding steroid dienone is 4. The molecule has 14 heavy (non-hydrogen) atoms. The van der Waals surface area contributed by atoms with Crippen molar-refractivity contribution in [3.8, 4) is 0 Å². The molecule has 0 saturated carbocycles. The van der Waals surface area contributed by atoms with Crippen LogP contribution in [0.15, 0.2) is 42.5 Å². The van der Waals surface area contributed by atoms with Gasteiger partial charge in [-0.05, 0) is 29.3 Å². The molecule has 2 rings (SSSR count). The van der Waals surface area contributed by atoms with Gasteiger partial charge in [-0.1, -0.05) is 36.5 Å². The van der Waals surface area contributed by atoms with Gasteiger partial charge in [0.05, 0.1) is 0 Å². The van der Waals surface area contributed by atoms with Crippen LogP contribution >= 0.6 is 12.2 Å². The number of rotatable bonds is 1. The molecule has 0 bridgehead atoms. The highest BCUT2D eigenvalue weighted by Gasteiger charge is 2.02. The van der Waals surface area contributed by atoms with Crippen LogP contribution in [0.2, 0.25) is 0 Å². The molecular weight excluding hydrogens is 190 g/mol. The largest absolute Gasteiger partial charge is 0.399 e. The van der Waals surface area contributed by atoms with Crippen LogP contribution in [0, 0.1) is 0 Å². The minimum Gasteiger partial charge on any atom is -0.399 e. The molecule has 0 spiro atoms. The van der Waals surface area contributed by atoms with Gasteiger partial charge in [0.15, 0.2) is 0 Å². The molecule has 1 aliphatic carbocycles. The third-order valence-corrected chi connectivity index (χ3v) is 2.52. The number of benzene rings is 1. The van der Waals surface area contributed by atoms with Crippen molar-refractivity contribution in [1.82, 2.24) is 0 Å². The van der Waals surface area contributed by atoms with Gasteiger partial charge in [-0.25, -0.2) is 0 Å². The maximum absolute atomic E-state index is 5.62. The van der Waals surface area contributed by atoms with Gasteiger partial charge < -0.3 is 5.73 Å². The lowest BCUT2D eigenvalue weighted by Crippen LogP contribution is -1.94. The molecule has 0 fully saturated rings. The third kappa shape index (κ3) is 1.91. The van der Waals surface area contributed by atoms with Gasteiger partial charge in [0, 0.05) is 17.0 Å². The van der Waals surface area contributed by atoms with Crippen LogP contribution in [0.3, 0.4) is 0 Å². The molecular formula is C12H11NS. The van der Waals surface area contributed by atoms with Gasteiger partial charge in [-0.2, -0.15) is 0 Å². The fourth-order valence-corrected chi connectivity index (χ4v) is 1.57. The fraction of sp³-hybridized carbons (Fsp3) is 0.0833. The minimum absolute atomic E-state index is 0.796. The Kier molecular flexibility index (Phi) is 2.46. The van der Waals surface area contributed by atoms with E-state index in [0.29, 0.717) is 0 Å². The first kappa shape index (κ1) is 9.16. The number of nitrogens with two attached hydrogens (primary N) is 1. The van der Waals surface area contributed by atoms with Crippen LogP contribution in [0.1, 0.15) is 12.0 Å². The van der Waals surface area contributed by atoms with Crippen molar-refractivity contribution in [2.45, 2.75) is 6.42 Å². The molecule has 0 atom stereocenters. The number of hydrogen-bond acceptors (Lipinski definition) is 2. The van der Waals surface area contributed by atoms with E-state index in [4.69, 9.17) is 18.0 Å². The van der Waals surface area contributed by atoms with Gasteiger partial charge in [0.25, 0.3) is 0 Å². The first-order chi connectivity index (χ1) is 6.75. The Labute approximate surface area is 88.9 Å². The van der Waals surface area contributed by atoms with Crippen LogP contribution in [0.25, 0.3) is 5.57 Å². The molecule has 2 heteroatoms. The highest BCUT2D eigenvalue weighted by molar-refractivity contribution is 7.80. The van der Waals surface area contributed by atoms with E-state index in [1.54, 1.807) is 0 Å². The van der Waals surface area contributed by atoms with Crippen LogP contribution in [0.5, 0.6) is 0 Å². The van der Waals surface area contributed by atoms with E-state index in [9.17, 15) is 0 Å². The molecule has 0 aliphatic heterocycles. The maximum Gasteiger partial charge on any atom is 0.0314 e. The van der Waals surface area contributed by atoms with Gasteiger partial charge in [-0.3, -0.25) is 0 Å². The molecule has 0 aromatic heterocycles. The standard InChI is InChI=1S/C12H11NS/c13-11-5-1-9(2-6-11)10-3-7-12(14)8-4-10/h1-7H,8,13H2. The van der Waals surface area contributed by atoms with Crippen molar-refractivity contribution in [3.05, 3.63) is 48.1 Å². The molecule has 70 valence electrons. The average molecular weight is 201 g/mol. The summed E-state index contributed by atoms with van der Waals surface area (Å²) in [7, 11) is 0. The highest BCUT2D eigenvalue weighted by atomic mass is 32.1. The van der Waals surface area contributed by atoms with Crippen molar-refractivity contribution in [1.29, 1.82) is 0 Å². The second kappa shape index (κ2) is 3.76. The van der Waals surface area contributed by atoms with Gasteiger partial charge in [0.1, 0.15) is 0 Å². The fourth-order valence-electron chi connectivity index (χ4n) is 1.42. The van der Waals surface area contributed by atoms with Crippen molar-refractivity contribution >= 4 is 28.3 Å². The molecule has 2 N–H and O–H groups in total. The van der Waals surface area contributed by atoms with E-state index in [1.165, 1.54) is 11.1 Å². The van der Waals surface area contributed by atoms with E-state index in [0.717, 1.165) is 17.0 Å². The van der Waals surface area contributed by atoms with Gasteiger partial charge in [-0.15, -0.1) is 0 Å². The predicted molar refractivity (Wildman–Crippen MR) is 65.2 cm³/mol. The molecule has 0 unspecified atom stereocenters. The summed E-state index contributed by atoms with van der Waals surface area (Å²) in [6.07, 6.45) is 7.05. The Morgan fingerprint density at radius 3 is 2.36 bits per heavy atom. The van der Waals surface area contributed by atoms with Crippen LogP contribution in [-0.2, 0) is 0 Å². The quantitative estimate of drug-likeness (QED) is 0.558. The molecule has 1 aromatic carbocycles. The molecule has 0 heterocycles. The maximum atomic E-state index is 5.62. The SMILES string of the molecule is Nc1ccc(C2=CCC(=S)C=C2)cc1. The number of anilines is 1. The number of thiocarbonyl (C=S) groups is 1. The first-order valence-corrected chi connectivity index (χ1v) is 4.93. The van der Waals surface area contributed by atoms with Crippen LogP contribution in [0.4, 0.5) is 5.69 Å². The number of hydrogen-bond donors (Lipinski definition) is 1. The van der Waals surface area contributed by atoms with Crippen molar-refractivity contribution in [3.63, 3.8) is 0 Å². The Morgan fingerprint density at radius 1 is 1.07 bits per heavy atom. The lowest BCUT2D eigenvalue weighted by atomic mass is 9.99. The molecule has 0 radical (unpaired) electrons. The predicted octanol–water partition coefficient (Wildman–Crippen LogP) is 2.98. The Hall–Kier alpha value is -1.41. The Morgan fingerprint density at radius 2 is 1.79 bits per heavy atom. The minimum atomic E-state index is 0.796. The Bertz CT molecular complexity index is 412. The van der Waals surface area contributed by atoms with E-state index in [2.05, 4.69) is 12.2 Å². The van der Waals surface area contributed by atoms with Gasteiger partial charge >= 0.3 is 0 Å². The zero-order valence-corrected chi connectivity index (χ0v) is 8.55. The lowest BCUT2D eigenvalue weighted by molar-refractivity contribution is 1.49. The second-order valence-corrected chi connectivity index (χ2v) is 3.81. The van der Waals surface area contributed by atoms with E-state index < -0.39 is 0 Å². The summed E-state index contributed by atoms with van der Waals surface area (Å²) >= 11 is 5.08. The zero-order chi connectivity index (χ0) is 9.97. The summed E-state index contributed by atoms with van der Waals surface area (Å²) in [4.78, 5) is 0.990. The molecule has 1 aromatic rings. The summed E-state index contributed by atoms with van der Waals surface area (Å²) in [5.41, 5.74) is 8.83. The summed E-state index contributed by atoms with van der Waals surface area (Å²) in [6, 6.07) is 7.88. The third-order valence-electron chi connectivity index (χ3n) is 2.22. The molecule has 1 nitrogen and oxygen atoms in total. The zero-order valence-electron chi connectivity index (χ0n) is 7.73. The highest BCUT2D eigenvalue weighted by Crippen LogP contribution is 2.21. The second-order valence-electron chi connectivity index (χ2n) is 3.29. The summed E-state index contributed by atoms with van der Waals surface area (Å²) in [5, 5.41) is 0. The van der Waals surface area contributed by atoms with Crippen LogP contribution < -0.4 is 5.73 Å². The average Bonchev–Trinajstić information content (AvgIpc) is 2.21. The molecule has 0 saturated heterocycles. The van der Waals surface area contributed by atoms with Crippen molar-refractivity contribution in [2.24, 2.45) is 0 Å². The smallest absolute Gasteiger partial charge is 0.0314 e. The van der Waals surface area contributed by atoms with E-state index in [-0.39, 0.29) is 0 Å². The lowest BCUT2D eigenvalue weighted by Gasteiger charge is -2.07. The summed E-state index contributed by atoms with van der Waals surface area (Å²) in [5.74, 6) is 0. The van der Waals surface area contributed by atoms with Crippen molar-refractivity contribution in [2.75, 3.05) is 5.73 Å².